The van der Waals surface area contributed by atoms with Crippen molar-refractivity contribution < 1.29 is 4.92 Å². The first-order chi connectivity index (χ1) is 11.0. The van der Waals surface area contributed by atoms with Gasteiger partial charge in [0, 0.05) is 38.5 Å². The number of aromatic nitrogens is 2. The fourth-order valence-corrected chi connectivity index (χ4v) is 4.07. The lowest BCUT2D eigenvalue weighted by Crippen LogP contribution is -2.48. The van der Waals surface area contributed by atoms with Gasteiger partial charge in [0.15, 0.2) is 5.17 Å². The Morgan fingerprint density at radius 2 is 1.96 bits per heavy atom. The molecule has 3 rings (SSSR count). The molecule has 3 heterocycles. The SMILES string of the molecule is CCc1nn(C)c(N2CCN(C3=NCC(C)S3)CC2)c1[N+](=O)[O-]. The van der Waals surface area contributed by atoms with E-state index in [1.807, 2.05) is 18.7 Å². The van der Waals surface area contributed by atoms with Crippen LogP contribution in [-0.2, 0) is 13.5 Å². The van der Waals surface area contributed by atoms with Crippen LogP contribution in [0.1, 0.15) is 19.5 Å². The van der Waals surface area contributed by atoms with E-state index in [4.69, 9.17) is 0 Å². The minimum absolute atomic E-state index is 0.157. The second-order valence-corrected chi connectivity index (χ2v) is 7.28. The van der Waals surface area contributed by atoms with E-state index in [0.29, 0.717) is 23.2 Å². The molecule has 8 nitrogen and oxygen atoms in total. The third kappa shape index (κ3) is 3.01. The van der Waals surface area contributed by atoms with Crippen LogP contribution in [0.2, 0.25) is 0 Å². The molecule has 23 heavy (non-hydrogen) atoms. The van der Waals surface area contributed by atoms with Gasteiger partial charge in [0.25, 0.3) is 0 Å². The van der Waals surface area contributed by atoms with Crippen molar-refractivity contribution in [2.45, 2.75) is 25.5 Å². The number of amidine groups is 1. The van der Waals surface area contributed by atoms with Crippen LogP contribution >= 0.6 is 11.8 Å². The highest BCUT2D eigenvalue weighted by Gasteiger charge is 2.32. The van der Waals surface area contributed by atoms with Gasteiger partial charge in [-0.1, -0.05) is 25.6 Å². The molecular formula is C14H22N6O2S. The lowest BCUT2D eigenvalue weighted by atomic mass is 10.2. The van der Waals surface area contributed by atoms with Gasteiger partial charge in [-0.05, 0) is 6.42 Å². The first-order valence-corrected chi connectivity index (χ1v) is 8.80. The van der Waals surface area contributed by atoms with Crippen LogP contribution in [0, 0.1) is 10.1 Å². The number of aliphatic imine (C=N–C) groups is 1. The average Bonchev–Trinajstić information content (AvgIpc) is 3.10. The van der Waals surface area contributed by atoms with Crippen molar-refractivity contribution >= 4 is 28.4 Å². The van der Waals surface area contributed by atoms with Crippen LogP contribution in [-0.4, -0.2) is 62.7 Å². The van der Waals surface area contributed by atoms with Crippen LogP contribution in [0.15, 0.2) is 4.99 Å². The molecule has 0 aliphatic carbocycles. The number of rotatable bonds is 3. The van der Waals surface area contributed by atoms with Crippen molar-refractivity contribution in [3.63, 3.8) is 0 Å². The van der Waals surface area contributed by atoms with Gasteiger partial charge in [-0.3, -0.25) is 15.1 Å². The second-order valence-electron chi connectivity index (χ2n) is 5.88. The normalized spacial score (nSPS) is 21.7. The highest BCUT2D eigenvalue weighted by molar-refractivity contribution is 8.14. The van der Waals surface area contributed by atoms with Crippen molar-refractivity contribution in [2.75, 3.05) is 37.6 Å². The Bertz CT molecular complexity index is 635. The molecule has 0 amide bonds. The van der Waals surface area contributed by atoms with Crippen molar-refractivity contribution in [2.24, 2.45) is 12.0 Å². The zero-order valence-electron chi connectivity index (χ0n) is 13.7. The molecule has 0 radical (unpaired) electrons. The monoisotopic (exact) mass is 338 g/mol. The molecule has 2 aliphatic rings. The van der Waals surface area contributed by atoms with E-state index in [9.17, 15) is 10.1 Å². The number of thioether (sulfide) groups is 1. The summed E-state index contributed by atoms with van der Waals surface area (Å²) < 4.78 is 1.65. The second kappa shape index (κ2) is 6.38. The predicted octanol–water partition coefficient (Wildman–Crippen LogP) is 1.50. The van der Waals surface area contributed by atoms with Gasteiger partial charge in [-0.2, -0.15) is 5.10 Å². The Kier molecular flexibility index (Phi) is 4.47. The zero-order chi connectivity index (χ0) is 16.6. The lowest BCUT2D eigenvalue weighted by molar-refractivity contribution is -0.384. The van der Waals surface area contributed by atoms with Crippen LogP contribution < -0.4 is 4.90 Å². The van der Waals surface area contributed by atoms with Gasteiger partial charge < -0.3 is 9.80 Å². The van der Waals surface area contributed by atoms with Gasteiger partial charge in [-0.25, -0.2) is 4.68 Å². The predicted molar refractivity (Wildman–Crippen MR) is 92.4 cm³/mol. The maximum absolute atomic E-state index is 11.5. The Labute approximate surface area is 139 Å². The average molecular weight is 338 g/mol. The summed E-state index contributed by atoms with van der Waals surface area (Å²) in [5, 5.41) is 17.4. The number of nitro groups is 1. The molecule has 0 N–H and O–H groups in total. The number of aryl methyl sites for hydroxylation is 2. The van der Waals surface area contributed by atoms with Gasteiger partial charge in [0.2, 0.25) is 5.82 Å². The fourth-order valence-electron chi connectivity index (χ4n) is 3.08. The van der Waals surface area contributed by atoms with E-state index < -0.39 is 0 Å². The quantitative estimate of drug-likeness (QED) is 0.614. The molecule has 1 fully saturated rings. The number of hydrogen-bond donors (Lipinski definition) is 0. The molecule has 1 aromatic rings. The van der Waals surface area contributed by atoms with Crippen LogP contribution in [0.25, 0.3) is 0 Å². The van der Waals surface area contributed by atoms with Gasteiger partial charge in [-0.15, -0.1) is 0 Å². The molecule has 126 valence electrons. The number of hydrogen-bond acceptors (Lipinski definition) is 7. The summed E-state index contributed by atoms with van der Waals surface area (Å²) in [7, 11) is 1.78. The van der Waals surface area contributed by atoms with E-state index in [1.54, 1.807) is 11.7 Å². The van der Waals surface area contributed by atoms with Gasteiger partial charge in [0.05, 0.1) is 11.5 Å². The van der Waals surface area contributed by atoms with E-state index in [2.05, 4.69) is 26.8 Å². The summed E-state index contributed by atoms with van der Waals surface area (Å²) in [5.41, 5.74) is 0.712. The molecule has 0 saturated carbocycles. The fraction of sp³-hybridized carbons (Fsp3) is 0.714. The molecule has 1 atom stereocenters. The Morgan fingerprint density at radius 3 is 2.48 bits per heavy atom. The summed E-state index contributed by atoms with van der Waals surface area (Å²) in [6, 6.07) is 0. The summed E-state index contributed by atoms with van der Waals surface area (Å²) in [6.07, 6.45) is 0.565. The molecule has 0 spiro atoms. The molecule has 1 aromatic heterocycles. The highest BCUT2D eigenvalue weighted by atomic mass is 32.2. The summed E-state index contributed by atoms with van der Waals surface area (Å²) in [6.45, 7) is 8.13. The first-order valence-electron chi connectivity index (χ1n) is 7.92. The third-order valence-corrected chi connectivity index (χ3v) is 5.37. The number of anilines is 1. The molecule has 9 heteroatoms. The van der Waals surface area contributed by atoms with Gasteiger partial charge >= 0.3 is 5.69 Å². The lowest BCUT2D eigenvalue weighted by Gasteiger charge is -2.36. The Morgan fingerprint density at radius 1 is 1.30 bits per heavy atom. The van der Waals surface area contributed by atoms with Crippen LogP contribution in [0.4, 0.5) is 11.5 Å². The van der Waals surface area contributed by atoms with E-state index in [0.717, 1.165) is 37.9 Å². The topological polar surface area (TPSA) is 79.8 Å². The van der Waals surface area contributed by atoms with E-state index >= 15 is 0 Å². The maximum atomic E-state index is 11.5. The van der Waals surface area contributed by atoms with Crippen molar-refractivity contribution in [3.05, 3.63) is 15.8 Å². The minimum Gasteiger partial charge on any atom is -0.348 e. The van der Waals surface area contributed by atoms with Gasteiger partial charge in [0.1, 0.15) is 5.69 Å². The first kappa shape index (κ1) is 16.1. The minimum atomic E-state index is -0.299. The molecular weight excluding hydrogens is 316 g/mol. The van der Waals surface area contributed by atoms with Crippen molar-refractivity contribution in [3.8, 4) is 0 Å². The largest absolute Gasteiger partial charge is 0.348 e. The van der Waals surface area contributed by atoms with E-state index in [-0.39, 0.29) is 10.6 Å². The van der Waals surface area contributed by atoms with Crippen LogP contribution in [0.5, 0.6) is 0 Å². The summed E-state index contributed by atoms with van der Waals surface area (Å²) in [4.78, 5) is 20.1. The molecule has 1 unspecified atom stereocenters. The van der Waals surface area contributed by atoms with Crippen LogP contribution in [0.3, 0.4) is 0 Å². The molecule has 0 aromatic carbocycles. The van der Waals surface area contributed by atoms with Crippen molar-refractivity contribution in [1.82, 2.24) is 14.7 Å². The number of piperazine rings is 1. The summed E-state index contributed by atoms with van der Waals surface area (Å²) >= 11 is 1.82. The van der Waals surface area contributed by atoms with Crippen molar-refractivity contribution in [1.29, 1.82) is 0 Å². The Hall–Kier alpha value is -1.77. The molecule has 1 saturated heterocycles. The van der Waals surface area contributed by atoms with E-state index in [1.165, 1.54) is 0 Å². The zero-order valence-corrected chi connectivity index (χ0v) is 14.5. The smallest absolute Gasteiger partial charge is 0.334 e. The summed E-state index contributed by atoms with van der Waals surface area (Å²) in [5.74, 6) is 0.626. The molecule has 2 aliphatic heterocycles. The third-order valence-electron chi connectivity index (χ3n) is 4.22. The number of nitrogens with zero attached hydrogens (tertiary/aromatic N) is 6. The highest BCUT2D eigenvalue weighted by Crippen LogP contribution is 2.33. The Balaban J connectivity index is 1.75. The standard InChI is InChI=1S/C14H22N6O2S/c1-4-11-12(20(21)22)13(17(3)16-11)18-5-7-19(8-6-18)14-15-9-10(2)23-14/h10H,4-9H2,1-3H3. The maximum Gasteiger partial charge on any atom is 0.334 e. The molecule has 0 bridgehead atoms.